The van der Waals surface area contributed by atoms with Crippen molar-refractivity contribution < 1.29 is 9.84 Å². The number of hydrogen-bond donors (Lipinski definition) is 2. The summed E-state index contributed by atoms with van der Waals surface area (Å²) in [4.78, 5) is 0. The van der Waals surface area contributed by atoms with E-state index in [0.717, 1.165) is 36.0 Å². The van der Waals surface area contributed by atoms with Gasteiger partial charge in [0, 0.05) is 5.54 Å². The highest BCUT2D eigenvalue weighted by molar-refractivity contribution is 5.22. The van der Waals surface area contributed by atoms with Gasteiger partial charge in [-0.05, 0) is 79.6 Å². The first-order chi connectivity index (χ1) is 15.5. The lowest BCUT2D eigenvalue weighted by atomic mass is 9.52. The lowest BCUT2D eigenvalue weighted by molar-refractivity contribution is -0.0256. The molecule has 33 heavy (non-hydrogen) atoms. The Balaban J connectivity index is 2.15. The minimum Gasteiger partial charge on any atom is -0.494 e. The van der Waals surface area contributed by atoms with Gasteiger partial charge in [-0.1, -0.05) is 80.6 Å². The van der Waals surface area contributed by atoms with Crippen LogP contribution in [0.3, 0.4) is 0 Å². The Morgan fingerprint density at radius 1 is 1.15 bits per heavy atom. The quantitative estimate of drug-likeness (QED) is 0.313. The average molecular weight is 464 g/mol. The molecule has 0 radical (unpaired) electrons. The molecular formula is C30H57NO2. The molecule has 0 spiro atoms. The second kappa shape index (κ2) is 12.4. The zero-order valence-corrected chi connectivity index (χ0v) is 23.6. The Bertz CT molecular complexity index is 629. The smallest absolute Gasteiger partial charge is 0.111 e. The van der Waals surface area contributed by atoms with E-state index in [-0.39, 0.29) is 12.1 Å². The van der Waals surface area contributed by atoms with Crippen molar-refractivity contribution in [2.75, 3.05) is 19.8 Å². The molecule has 2 N–H and O–H groups in total. The molecule has 1 heterocycles. The van der Waals surface area contributed by atoms with E-state index < -0.39 is 0 Å². The molecule has 0 aromatic rings. The monoisotopic (exact) mass is 463 g/mol. The SMILES string of the molecule is CCC1CC(C)(C(CC)C(C)CCCC(C)C)CCC1C1(C)NCC(OCCO)=C(C)C1C. The Labute approximate surface area is 206 Å². The number of hydrogen-bond acceptors (Lipinski definition) is 3. The Hall–Kier alpha value is -0.540. The van der Waals surface area contributed by atoms with Gasteiger partial charge in [-0.2, -0.15) is 0 Å². The van der Waals surface area contributed by atoms with Crippen LogP contribution in [0.4, 0.5) is 0 Å². The fourth-order valence-corrected chi connectivity index (χ4v) is 7.79. The van der Waals surface area contributed by atoms with E-state index in [1.807, 2.05) is 0 Å². The molecule has 0 aromatic carbocycles. The molecular weight excluding hydrogens is 406 g/mol. The summed E-state index contributed by atoms with van der Waals surface area (Å²) in [5.41, 5.74) is 1.96. The van der Waals surface area contributed by atoms with Crippen molar-refractivity contribution in [2.24, 2.45) is 40.9 Å². The largest absolute Gasteiger partial charge is 0.494 e. The van der Waals surface area contributed by atoms with Crippen LogP contribution in [-0.4, -0.2) is 30.4 Å². The van der Waals surface area contributed by atoms with Crippen molar-refractivity contribution in [3.8, 4) is 0 Å². The molecule has 0 saturated heterocycles. The minimum atomic E-state index is 0.0794. The highest BCUT2D eigenvalue weighted by Gasteiger charge is 2.51. The van der Waals surface area contributed by atoms with Gasteiger partial charge in [-0.25, -0.2) is 0 Å². The van der Waals surface area contributed by atoms with Crippen LogP contribution in [0.25, 0.3) is 0 Å². The fourth-order valence-electron chi connectivity index (χ4n) is 7.79. The molecule has 2 aliphatic rings. The molecule has 0 bridgehead atoms. The highest BCUT2D eigenvalue weighted by atomic mass is 16.5. The van der Waals surface area contributed by atoms with Crippen LogP contribution in [0.5, 0.6) is 0 Å². The third-order valence-electron chi connectivity index (χ3n) is 10.1. The van der Waals surface area contributed by atoms with Gasteiger partial charge in [0.25, 0.3) is 0 Å². The summed E-state index contributed by atoms with van der Waals surface area (Å²) in [6, 6.07) is 0. The Morgan fingerprint density at radius 2 is 1.85 bits per heavy atom. The molecule has 3 heteroatoms. The maximum atomic E-state index is 9.18. The summed E-state index contributed by atoms with van der Waals surface area (Å²) >= 11 is 0. The molecule has 0 amide bonds. The summed E-state index contributed by atoms with van der Waals surface area (Å²) in [5, 5.41) is 13.1. The van der Waals surface area contributed by atoms with E-state index in [2.05, 4.69) is 67.6 Å². The maximum absolute atomic E-state index is 9.18. The van der Waals surface area contributed by atoms with E-state index in [0.29, 0.717) is 23.9 Å². The van der Waals surface area contributed by atoms with Gasteiger partial charge in [0.2, 0.25) is 0 Å². The summed E-state index contributed by atoms with van der Waals surface area (Å²) in [6.45, 7) is 23.1. The molecule has 3 nitrogen and oxygen atoms in total. The first-order valence-corrected chi connectivity index (χ1v) is 14.2. The van der Waals surface area contributed by atoms with E-state index in [4.69, 9.17) is 4.74 Å². The summed E-state index contributed by atoms with van der Waals surface area (Å²) in [7, 11) is 0. The third-order valence-corrected chi connectivity index (χ3v) is 10.1. The molecule has 7 unspecified atom stereocenters. The second-order valence-electron chi connectivity index (χ2n) is 12.5. The normalized spacial score (nSPS) is 35.1. The average Bonchev–Trinajstić information content (AvgIpc) is 2.77. The maximum Gasteiger partial charge on any atom is 0.111 e. The molecule has 1 fully saturated rings. The first kappa shape index (κ1) is 28.7. The van der Waals surface area contributed by atoms with Gasteiger partial charge in [0.15, 0.2) is 0 Å². The minimum absolute atomic E-state index is 0.0794. The van der Waals surface area contributed by atoms with Gasteiger partial charge in [-0.3, -0.25) is 0 Å². The topological polar surface area (TPSA) is 41.5 Å². The summed E-state index contributed by atoms with van der Waals surface area (Å²) in [5.74, 6) is 5.45. The van der Waals surface area contributed by atoms with Gasteiger partial charge in [0.1, 0.15) is 12.4 Å². The van der Waals surface area contributed by atoms with Gasteiger partial charge >= 0.3 is 0 Å². The Morgan fingerprint density at radius 3 is 2.42 bits per heavy atom. The van der Waals surface area contributed by atoms with Crippen molar-refractivity contribution in [2.45, 2.75) is 119 Å². The predicted octanol–water partition coefficient (Wildman–Crippen LogP) is 7.59. The van der Waals surface area contributed by atoms with Crippen molar-refractivity contribution in [1.82, 2.24) is 5.32 Å². The van der Waals surface area contributed by atoms with E-state index in [1.54, 1.807) is 0 Å². The molecule has 7 atom stereocenters. The van der Waals surface area contributed by atoms with Crippen molar-refractivity contribution in [3.05, 3.63) is 11.3 Å². The van der Waals surface area contributed by atoms with Crippen LogP contribution < -0.4 is 5.32 Å². The number of aliphatic hydroxyl groups excluding tert-OH is 1. The number of rotatable bonds is 12. The van der Waals surface area contributed by atoms with Gasteiger partial charge < -0.3 is 15.2 Å². The predicted molar refractivity (Wildman–Crippen MR) is 142 cm³/mol. The number of nitrogens with one attached hydrogen (secondary N) is 1. The molecule has 1 aliphatic heterocycles. The van der Waals surface area contributed by atoms with Crippen LogP contribution in [0.15, 0.2) is 11.3 Å². The molecule has 1 aliphatic carbocycles. The van der Waals surface area contributed by atoms with Crippen LogP contribution in [0.1, 0.15) is 114 Å². The van der Waals surface area contributed by atoms with Gasteiger partial charge in [-0.15, -0.1) is 0 Å². The van der Waals surface area contributed by atoms with Gasteiger partial charge in [0.05, 0.1) is 13.2 Å². The third kappa shape index (κ3) is 6.57. The Kier molecular flexibility index (Phi) is 10.8. The van der Waals surface area contributed by atoms with E-state index >= 15 is 0 Å². The van der Waals surface area contributed by atoms with Crippen molar-refractivity contribution in [3.63, 3.8) is 0 Å². The van der Waals surface area contributed by atoms with Crippen LogP contribution in [0, 0.1) is 40.9 Å². The standard InChI is InChI=1S/C30H57NO2/c1-10-25-19-29(8,26(11-2)22(5)14-12-13-21(3)4)16-15-27(25)30(9)24(7)23(6)28(20-31-30)33-18-17-32/h21-22,24-27,31-32H,10-20H2,1-9H3. The van der Waals surface area contributed by atoms with Crippen LogP contribution >= 0.6 is 0 Å². The van der Waals surface area contributed by atoms with E-state index in [9.17, 15) is 5.11 Å². The summed E-state index contributed by atoms with van der Waals surface area (Å²) in [6.07, 6.45) is 10.8. The van der Waals surface area contributed by atoms with Crippen LogP contribution in [-0.2, 0) is 4.74 Å². The molecule has 2 rings (SSSR count). The molecule has 194 valence electrons. The number of ether oxygens (including phenoxy) is 1. The first-order valence-electron chi connectivity index (χ1n) is 14.2. The zero-order valence-electron chi connectivity index (χ0n) is 23.6. The lowest BCUT2D eigenvalue weighted by Crippen LogP contribution is -2.60. The summed E-state index contributed by atoms with van der Waals surface area (Å²) < 4.78 is 5.87. The van der Waals surface area contributed by atoms with Crippen molar-refractivity contribution in [1.29, 1.82) is 0 Å². The van der Waals surface area contributed by atoms with Crippen LogP contribution in [0.2, 0.25) is 0 Å². The van der Waals surface area contributed by atoms with E-state index in [1.165, 1.54) is 56.9 Å². The van der Waals surface area contributed by atoms with Crippen molar-refractivity contribution >= 4 is 0 Å². The zero-order chi connectivity index (χ0) is 24.8. The lowest BCUT2D eigenvalue weighted by Gasteiger charge is -2.56. The fraction of sp³-hybridized carbons (Fsp3) is 0.933. The highest BCUT2D eigenvalue weighted by Crippen LogP contribution is 2.55. The molecule has 1 saturated carbocycles. The number of aliphatic hydroxyl groups is 1. The molecule has 0 aromatic heterocycles. The second-order valence-corrected chi connectivity index (χ2v) is 12.5.